The van der Waals surface area contributed by atoms with Crippen molar-refractivity contribution in [3.63, 3.8) is 0 Å². The van der Waals surface area contributed by atoms with Gasteiger partial charge in [-0.2, -0.15) is 0 Å². The van der Waals surface area contributed by atoms with E-state index in [2.05, 4.69) is 10.3 Å². The van der Waals surface area contributed by atoms with Crippen LogP contribution in [0.5, 0.6) is 0 Å². The maximum atomic E-state index is 12.0. The summed E-state index contributed by atoms with van der Waals surface area (Å²) in [5.74, 6) is 0.0935. The Labute approximate surface area is 115 Å². The van der Waals surface area contributed by atoms with Crippen molar-refractivity contribution in [1.82, 2.24) is 4.98 Å². The Morgan fingerprint density at radius 3 is 2.55 bits per heavy atom. The number of aryl methyl sites for hydroxylation is 2. The van der Waals surface area contributed by atoms with Crippen molar-refractivity contribution in [2.24, 2.45) is 0 Å². The predicted molar refractivity (Wildman–Crippen MR) is 74.8 cm³/mol. The SMILES string of the molecule is Cc1ccc(NC(=O)c2ccc([N+](=O)[O-])c(C)c2)nc1. The van der Waals surface area contributed by atoms with Crippen LogP contribution in [-0.4, -0.2) is 15.8 Å². The standard InChI is InChI=1S/C14H13N3O3/c1-9-3-6-13(15-8-9)16-14(18)11-4-5-12(17(19)20)10(2)7-11/h3-8H,1-2H3,(H,15,16,18). The molecule has 0 aliphatic heterocycles. The van der Waals surface area contributed by atoms with Gasteiger partial charge in [-0.1, -0.05) is 6.07 Å². The number of carbonyl (C=O) groups is 1. The Morgan fingerprint density at radius 2 is 2.00 bits per heavy atom. The third kappa shape index (κ3) is 2.97. The summed E-state index contributed by atoms with van der Waals surface area (Å²) < 4.78 is 0. The van der Waals surface area contributed by atoms with E-state index in [0.717, 1.165) is 5.56 Å². The minimum Gasteiger partial charge on any atom is -0.307 e. The number of pyridine rings is 1. The van der Waals surface area contributed by atoms with Crippen molar-refractivity contribution in [2.75, 3.05) is 5.32 Å². The summed E-state index contributed by atoms with van der Waals surface area (Å²) in [5.41, 5.74) is 1.79. The fraction of sp³-hybridized carbons (Fsp3) is 0.143. The molecule has 0 aliphatic rings. The fourth-order valence-electron chi connectivity index (χ4n) is 1.73. The summed E-state index contributed by atoms with van der Waals surface area (Å²) in [6.45, 7) is 3.50. The monoisotopic (exact) mass is 271 g/mol. The van der Waals surface area contributed by atoms with Gasteiger partial charge in [0.25, 0.3) is 11.6 Å². The zero-order valence-electron chi connectivity index (χ0n) is 11.1. The van der Waals surface area contributed by atoms with Gasteiger partial charge in [0.05, 0.1) is 4.92 Å². The average molecular weight is 271 g/mol. The number of hydrogen-bond donors (Lipinski definition) is 1. The zero-order valence-corrected chi connectivity index (χ0v) is 11.1. The van der Waals surface area contributed by atoms with E-state index in [4.69, 9.17) is 0 Å². The van der Waals surface area contributed by atoms with Gasteiger partial charge >= 0.3 is 0 Å². The summed E-state index contributed by atoms with van der Waals surface area (Å²) >= 11 is 0. The highest BCUT2D eigenvalue weighted by Gasteiger charge is 2.14. The van der Waals surface area contributed by atoms with Crippen LogP contribution in [0.15, 0.2) is 36.5 Å². The number of anilines is 1. The number of hydrogen-bond acceptors (Lipinski definition) is 4. The number of nitrogens with zero attached hydrogens (tertiary/aromatic N) is 2. The van der Waals surface area contributed by atoms with Gasteiger partial charge < -0.3 is 5.32 Å². The van der Waals surface area contributed by atoms with Crippen molar-refractivity contribution in [1.29, 1.82) is 0 Å². The summed E-state index contributed by atoms with van der Waals surface area (Å²) in [6.07, 6.45) is 1.65. The van der Waals surface area contributed by atoms with E-state index in [9.17, 15) is 14.9 Å². The van der Waals surface area contributed by atoms with Gasteiger partial charge in [-0.25, -0.2) is 4.98 Å². The van der Waals surface area contributed by atoms with Crippen LogP contribution >= 0.6 is 0 Å². The number of rotatable bonds is 3. The molecule has 1 aromatic heterocycles. The van der Waals surface area contributed by atoms with Crippen molar-refractivity contribution in [2.45, 2.75) is 13.8 Å². The molecule has 1 aromatic carbocycles. The van der Waals surface area contributed by atoms with Gasteiger partial charge in [0, 0.05) is 23.4 Å². The first kappa shape index (κ1) is 13.7. The maximum absolute atomic E-state index is 12.0. The highest BCUT2D eigenvalue weighted by atomic mass is 16.6. The molecule has 0 fully saturated rings. The van der Waals surface area contributed by atoms with Crippen LogP contribution in [0.4, 0.5) is 11.5 Å². The molecule has 0 bridgehead atoms. The van der Waals surface area contributed by atoms with E-state index in [1.165, 1.54) is 18.2 Å². The zero-order chi connectivity index (χ0) is 14.7. The number of carbonyl (C=O) groups excluding carboxylic acids is 1. The molecular weight excluding hydrogens is 258 g/mol. The smallest absolute Gasteiger partial charge is 0.272 e. The molecule has 1 N–H and O–H groups in total. The fourth-order valence-corrected chi connectivity index (χ4v) is 1.73. The van der Waals surface area contributed by atoms with E-state index in [1.807, 2.05) is 13.0 Å². The Kier molecular flexibility index (Phi) is 3.74. The second-order valence-corrected chi connectivity index (χ2v) is 4.43. The van der Waals surface area contributed by atoms with E-state index in [-0.39, 0.29) is 11.6 Å². The van der Waals surface area contributed by atoms with E-state index < -0.39 is 4.92 Å². The van der Waals surface area contributed by atoms with E-state index in [1.54, 1.807) is 19.2 Å². The Balaban J connectivity index is 2.19. The molecular formula is C14H13N3O3. The molecule has 0 saturated carbocycles. The van der Waals surface area contributed by atoms with Gasteiger partial charge in [0.15, 0.2) is 0 Å². The molecule has 1 amide bonds. The second-order valence-electron chi connectivity index (χ2n) is 4.43. The van der Waals surface area contributed by atoms with Crippen LogP contribution in [0, 0.1) is 24.0 Å². The van der Waals surface area contributed by atoms with Crippen LogP contribution in [0.3, 0.4) is 0 Å². The molecule has 0 unspecified atom stereocenters. The Morgan fingerprint density at radius 1 is 1.25 bits per heavy atom. The number of nitro benzene ring substituents is 1. The molecule has 6 nitrogen and oxygen atoms in total. The molecule has 0 aliphatic carbocycles. The van der Waals surface area contributed by atoms with Crippen LogP contribution in [0.2, 0.25) is 0 Å². The maximum Gasteiger partial charge on any atom is 0.272 e. The minimum atomic E-state index is -0.474. The van der Waals surface area contributed by atoms with E-state index >= 15 is 0 Å². The number of nitro groups is 1. The molecule has 2 aromatic rings. The predicted octanol–water partition coefficient (Wildman–Crippen LogP) is 2.86. The molecule has 102 valence electrons. The summed E-state index contributed by atoms with van der Waals surface area (Å²) in [7, 11) is 0. The van der Waals surface area contributed by atoms with Crippen LogP contribution in [0.25, 0.3) is 0 Å². The van der Waals surface area contributed by atoms with Gasteiger partial charge in [-0.3, -0.25) is 14.9 Å². The van der Waals surface area contributed by atoms with Crippen molar-refractivity contribution in [3.05, 3.63) is 63.3 Å². The summed E-state index contributed by atoms with van der Waals surface area (Å²) in [4.78, 5) is 26.3. The van der Waals surface area contributed by atoms with Gasteiger partial charge in [-0.15, -0.1) is 0 Å². The van der Waals surface area contributed by atoms with Crippen molar-refractivity contribution >= 4 is 17.4 Å². The van der Waals surface area contributed by atoms with Crippen LogP contribution in [-0.2, 0) is 0 Å². The largest absolute Gasteiger partial charge is 0.307 e. The average Bonchev–Trinajstić information content (AvgIpc) is 2.40. The highest BCUT2D eigenvalue weighted by Crippen LogP contribution is 2.19. The van der Waals surface area contributed by atoms with E-state index in [0.29, 0.717) is 16.9 Å². The first-order valence-corrected chi connectivity index (χ1v) is 5.96. The van der Waals surface area contributed by atoms with Gasteiger partial charge in [0.1, 0.15) is 5.82 Å². The number of benzene rings is 1. The molecule has 2 rings (SSSR count). The molecule has 1 heterocycles. The lowest BCUT2D eigenvalue weighted by Crippen LogP contribution is -2.13. The molecule has 0 radical (unpaired) electrons. The Bertz CT molecular complexity index is 666. The molecule has 0 atom stereocenters. The number of nitrogens with one attached hydrogen (secondary N) is 1. The lowest BCUT2D eigenvalue weighted by Gasteiger charge is -2.05. The number of aromatic nitrogens is 1. The van der Waals surface area contributed by atoms with Crippen molar-refractivity contribution < 1.29 is 9.72 Å². The summed E-state index contributed by atoms with van der Waals surface area (Å²) in [5, 5.41) is 13.4. The molecule has 0 saturated heterocycles. The number of amides is 1. The third-order valence-corrected chi connectivity index (χ3v) is 2.81. The van der Waals surface area contributed by atoms with Crippen molar-refractivity contribution in [3.8, 4) is 0 Å². The summed E-state index contributed by atoms with van der Waals surface area (Å²) in [6, 6.07) is 7.78. The van der Waals surface area contributed by atoms with Gasteiger partial charge in [-0.05, 0) is 37.6 Å². The second kappa shape index (κ2) is 5.48. The first-order valence-electron chi connectivity index (χ1n) is 5.96. The lowest BCUT2D eigenvalue weighted by atomic mass is 10.1. The topological polar surface area (TPSA) is 85.1 Å². The van der Waals surface area contributed by atoms with Crippen LogP contribution in [0.1, 0.15) is 21.5 Å². The lowest BCUT2D eigenvalue weighted by molar-refractivity contribution is -0.385. The minimum absolute atomic E-state index is 0.00462. The van der Waals surface area contributed by atoms with Gasteiger partial charge in [0.2, 0.25) is 0 Å². The van der Waals surface area contributed by atoms with Crippen LogP contribution < -0.4 is 5.32 Å². The highest BCUT2D eigenvalue weighted by molar-refractivity contribution is 6.04. The third-order valence-electron chi connectivity index (χ3n) is 2.81. The molecule has 0 spiro atoms. The normalized spacial score (nSPS) is 10.1. The molecule has 20 heavy (non-hydrogen) atoms. The quantitative estimate of drug-likeness (QED) is 0.687. The Hall–Kier alpha value is -2.76. The molecule has 6 heteroatoms. The first-order chi connectivity index (χ1) is 9.47.